The summed E-state index contributed by atoms with van der Waals surface area (Å²) in [5, 5.41) is 3.39. The zero-order valence-corrected chi connectivity index (χ0v) is 13.7. The summed E-state index contributed by atoms with van der Waals surface area (Å²) < 4.78 is 10.2. The number of hydrogen-bond acceptors (Lipinski definition) is 6. The fraction of sp³-hybridized carbons (Fsp3) is 0.667. The topological polar surface area (TPSA) is 58.0 Å². The molecule has 2 aliphatic rings. The van der Waals surface area contributed by atoms with E-state index in [1.165, 1.54) is 19.8 Å². The summed E-state index contributed by atoms with van der Waals surface area (Å²) in [6, 6.07) is 2.44. The Morgan fingerprint density at radius 1 is 1.41 bits per heavy atom. The number of rotatable bonds is 4. The van der Waals surface area contributed by atoms with Crippen molar-refractivity contribution in [2.24, 2.45) is 0 Å². The van der Waals surface area contributed by atoms with Crippen LogP contribution in [0.2, 0.25) is 0 Å². The monoisotopic (exact) mass is 329 g/mol. The van der Waals surface area contributed by atoms with Crippen LogP contribution in [0.4, 0.5) is 0 Å². The molecule has 0 saturated carbocycles. The Labute approximate surface area is 137 Å². The van der Waals surface area contributed by atoms with Crippen molar-refractivity contribution in [3.05, 3.63) is 23.7 Å². The standard InChI is InChI=1S/C15H23N3O3.ClH/c1-20-15(19)12-8-14(21-11-12)10-17-5-2-13(9-17)18-6-3-16-4-7-18;/h8,11,13,16H,2-7,9-10H2,1H3;1H. The summed E-state index contributed by atoms with van der Waals surface area (Å²) >= 11 is 0. The number of carbonyl (C=O) groups is 1. The van der Waals surface area contributed by atoms with Crippen molar-refractivity contribution in [3.8, 4) is 0 Å². The minimum Gasteiger partial charge on any atom is -0.467 e. The normalized spacial score (nSPS) is 23.2. The van der Waals surface area contributed by atoms with Crippen molar-refractivity contribution < 1.29 is 13.9 Å². The van der Waals surface area contributed by atoms with Gasteiger partial charge in [0.25, 0.3) is 0 Å². The second-order valence-corrected chi connectivity index (χ2v) is 5.76. The average Bonchev–Trinajstić information content (AvgIpc) is 3.17. The molecule has 1 unspecified atom stereocenters. The maximum Gasteiger partial charge on any atom is 0.341 e. The van der Waals surface area contributed by atoms with Gasteiger partial charge in [0.15, 0.2) is 0 Å². The Bertz CT molecular complexity index is 488. The van der Waals surface area contributed by atoms with Crippen LogP contribution in [0.25, 0.3) is 0 Å². The van der Waals surface area contributed by atoms with Crippen molar-refractivity contribution >= 4 is 18.4 Å². The summed E-state index contributed by atoms with van der Waals surface area (Å²) in [4.78, 5) is 16.4. The van der Waals surface area contributed by atoms with Crippen molar-refractivity contribution in [1.82, 2.24) is 15.1 Å². The molecule has 6 nitrogen and oxygen atoms in total. The molecule has 1 aromatic heterocycles. The number of piperazine rings is 1. The Morgan fingerprint density at radius 3 is 2.91 bits per heavy atom. The van der Waals surface area contributed by atoms with E-state index in [9.17, 15) is 4.79 Å². The number of ether oxygens (including phenoxy) is 1. The number of esters is 1. The third-order valence-electron chi connectivity index (χ3n) is 4.37. The fourth-order valence-electron chi connectivity index (χ4n) is 3.21. The highest BCUT2D eigenvalue weighted by atomic mass is 35.5. The van der Waals surface area contributed by atoms with Gasteiger partial charge in [-0.25, -0.2) is 4.79 Å². The van der Waals surface area contributed by atoms with Crippen LogP contribution in [0.3, 0.4) is 0 Å². The molecule has 0 bridgehead atoms. The van der Waals surface area contributed by atoms with Gasteiger partial charge < -0.3 is 14.5 Å². The second-order valence-electron chi connectivity index (χ2n) is 5.76. The number of likely N-dealkylation sites (tertiary alicyclic amines) is 1. The van der Waals surface area contributed by atoms with Crippen molar-refractivity contribution in [2.75, 3.05) is 46.4 Å². The maximum absolute atomic E-state index is 11.4. The van der Waals surface area contributed by atoms with Crippen molar-refractivity contribution in [2.45, 2.75) is 19.0 Å². The zero-order chi connectivity index (χ0) is 14.7. The first-order chi connectivity index (χ1) is 10.3. The number of furan rings is 1. The van der Waals surface area contributed by atoms with E-state index >= 15 is 0 Å². The first-order valence-electron chi connectivity index (χ1n) is 7.59. The van der Waals surface area contributed by atoms with Crippen LogP contribution < -0.4 is 5.32 Å². The van der Waals surface area contributed by atoms with Crippen LogP contribution in [0.5, 0.6) is 0 Å². The molecule has 1 atom stereocenters. The van der Waals surface area contributed by atoms with Gasteiger partial charge in [-0.15, -0.1) is 12.4 Å². The zero-order valence-electron chi connectivity index (χ0n) is 12.9. The van der Waals surface area contributed by atoms with Gasteiger partial charge in [-0.2, -0.15) is 0 Å². The quantitative estimate of drug-likeness (QED) is 0.831. The number of halogens is 1. The minimum atomic E-state index is -0.342. The molecule has 0 spiro atoms. The molecule has 3 heterocycles. The third kappa shape index (κ3) is 4.01. The largest absolute Gasteiger partial charge is 0.467 e. The van der Waals surface area contributed by atoms with Gasteiger partial charge in [0, 0.05) is 45.3 Å². The Morgan fingerprint density at radius 2 is 2.18 bits per heavy atom. The van der Waals surface area contributed by atoms with E-state index in [4.69, 9.17) is 9.15 Å². The lowest BCUT2D eigenvalue weighted by atomic mass is 10.2. The lowest BCUT2D eigenvalue weighted by Gasteiger charge is -2.32. The van der Waals surface area contributed by atoms with Gasteiger partial charge in [-0.05, 0) is 12.5 Å². The predicted molar refractivity (Wildman–Crippen MR) is 85.4 cm³/mol. The van der Waals surface area contributed by atoms with Gasteiger partial charge in [0.05, 0.1) is 19.2 Å². The summed E-state index contributed by atoms with van der Waals surface area (Å²) in [5.41, 5.74) is 0.491. The predicted octanol–water partition coefficient (Wildman–Crippen LogP) is 0.968. The van der Waals surface area contributed by atoms with Gasteiger partial charge in [-0.1, -0.05) is 0 Å². The van der Waals surface area contributed by atoms with E-state index in [2.05, 4.69) is 15.1 Å². The smallest absolute Gasteiger partial charge is 0.341 e. The van der Waals surface area contributed by atoms with Gasteiger partial charge in [0.2, 0.25) is 0 Å². The molecule has 2 fully saturated rings. The molecular weight excluding hydrogens is 306 g/mol. The van der Waals surface area contributed by atoms with Gasteiger partial charge in [0.1, 0.15) is 12.0 Å². The van der Waals surface area contributed by atoms with Crippen molar-refractivity contribution in [3.63, 3.8) is 0 Å². The van der Waals surface area contributed by atoms with E-state index < -0.39 is 0 Å². The van der Waals surface area contributed by atoms with E-state index in [-0.39, 0.29) is 18.4 Å². The number of carbonyl (C=O) groups excluding carboxylic acids is 1. The first-order valence-corrected chi connectivity index (χ1v) is 7.59. The van der Waals surface area contributed by atoms with Gasteiger partial charge in [-0.3, -0.25) is 9.80 Å². The van der Waals surface area contributed by atoms with E-state index in [0.717, 1.165) is 51.6 Å². The average molecular weight is 330 g/mol. The van der Waals surface area contributed by atoms with Crippen LogP contribution in [-0.4, -0.2) is 68.2 Å². The van der Waals surface area contributed by atoms with Crippen LogP contribution in [-0.2, 0) is 11.3 Å². The van der Waals surface area contributed by atoms with Crippen LogP contribution in [0.15, 0.2) is 16.7 Å². The maximum atomic E-state index is 11.4. The van der Waals surface area contributed by atoms with Crippen LogP contribution >= 0.6 is 12.4 Å². The highest BCUT2D eigenvalue weighted by molar-refractivity contribution is 5.88. The molecule has 2 saturated heterocycles. The molecule has 3 rings (SSSR count). The molecule has 7 heteroatoms. The highest BCUT2D eigenvalue weighted by Crippen LogP contribution is 2.19. The molecule has 2 aliphatic heterocycles. The van der Waals surface area contributed by atoms with E-state index in [1.807, 2.05) is 0 Å². The van der Waals surface area contributed by atoms with E-state index in [1.54, 1.807) is 6.07 Å². The molecule has 0 aliphatic carbocycles. The molecule has 1 aromatic rings. The SMILES string of the molecule is COC(=O)c1coc(CN2CCC(N3CCNCC3)C2)c1.Cl. The van der Waals surface area contributed by atoms with Crippen molar-refractivity contribution in [1.29, 1.82) is 0 Å². The molecule has 0 aromatic carbocycles. The summed E-state index contributed by atoms with van der Waals surface area (Å²) in [7, 11) is 1.38. The minimum absolute atomic E-state index is 0. The molecule has 1 N–H and O–H groups in total. The number of nitrogens with one attached hydrogen (secondary N) is 1. The number of methoxy groups -OCH3 is 1. The summed E-state index contributed by atoms with van der Waals surface area (Å²) in [6.45, 7) is 7.41. The van der Waals surface area contributed by atoms with E-state index in [0.29, 0.717) is 11.6 Å². The van der Waals surface area contributed by atoms with Crippen LogP contribution in [0, 0.1) is 0 Å². The number of hydrogen-bond donors (Lipinski definition) is 1. The van der Waals surface area contributed by atoms with Crippen LogP contribution in [0.1, 0.15) is 22.5 Å². The fourth-order valence-corrected chi connectivity index (χ4v) is 3.21. The third-order valence-corrected chi connectivity index (χ3v) is 4.37. The molecular formula is C15H24ClN3O3. The van der Waals surface area contributed by atoms with Gasteiger partial charge >= 0.3 is 5.97 Å². The highest BCUT2D eigenvalue weighted by Gasteiger charge is 2.28. The first kappa shape index (κ1) is 17.3. The Balaban J connectivity index is 0.00000176. The lowest BCUT2D eigenvalue weighted by molar-refractivity contribution is 0.0600. The second kappa shape index (κ2) is 7.97. The Hall–Kier alpha value is -1.08. The molecule has 124 valence electrons. The summed E-state index contributed by atoms with van der Waals surface area (Å²) in [5.74, 6) is 0.487. The number of nitrogens with zero attached hydrogens (tertiary/aromatic N) is 2. The molecule has 0 amide bonds. The summed E-state index contributed by atoms with van der Waals surface area (Å²) in [6.07, 6.45) is 2.69. The molecule has 22 heavy (non-hydrogen) atoms. The lowest BCUT2D eigenvalue weighted by Crippen LogP contribution is -2.49. The Kier molecular flexibility index (Phi) is 6.26. The molecule has 0 radical (unpaired) electrons.